The molecule has 0 unspecified atom stereocenters. The van der Waals surface area contributed by atoms with E-state index in [1.807, 2.05) is 0 Å². The number of anilines is 1. The number of carbonyl (C=O) groups excluding carboxylic acids is 1. The van der Waals surface area contributed by atoms with Crippen LogP contribution < -0.4 is 4.90 Å². The van der Waals surface area contributed by atoms with Crippen LogP contribution in [0.25, 0.3) is 0 Å². The number of pyridine rings is 1. The molecule has 15 heavy (non-hydrogen) atoms. The summed E-state index contributed by atoms with van der Waals surface area (Å²) in [5, 5.41) is 17.2. The number of hydrogen-bond acceptors (Lipinski definition) is 4. The van der Waals surface area contributed by atoms with Gasteiger partial charge in [0.15, 0.2) is 6.29 Å². The van der Waals surface area contributed by atoms with E-state index in [1.165, 1.54) is 18.2 Å². The van der Waals surface area contributed by atoms with Gasteiger partial charge in [-0.15, -0.1) is 0 Å². The molecule has 0 saturated carbocycles. The highest BCUT2D eigenvalue weighted by Crippen LogP contribution is 2.11. The molecule has 78 valence electrons. The van der Waals surface area contributed by atoms with E-state index in [0.717, 1.165) is 0 Å². The average molecular weight is 210 g/mol. The molecule has 0 aromatic carbocycles. The first-order valence-electron chi connectivity index (χ1n) is 3.74. The van der Waals surface area contributed by atoms with Gasteiger partial charge in [-0.25, -0.2) is 14.6 Å². The number of nitrogens with zero attached hydrogens (tertiary/aromatic N) is 2. The van der Waals surface area contributed by atoms with E-state index in [9.17, 15) is 14.4 Å². The van der Waals surface area contributed by atoms with Gasteiger partial charge in [-0.2, -0.15) is 4.90 Å². The number of hydrogen-bond donors (Lipinski definition) is 2. The SMILES string of the molecule is O=Cc1cccc(N(C(=O)O)C(=O)O)n1. The molecule has 2 amide bonds. The summed E-state index contributed by atoms with van der Waals surface area (Å²) in [5.41, 5.74) is -0.0417. The Kier molecular flexibility index (Phi) is 2.97. The summed E-state index contributed by atoms with van der Waals surface area (Å²) in [6.07, 6.45) is -2.97. The molecule has 1 aromatic heterocycles. The van der Waals surface area contributed by atoms with Crippen molar-refractivity contribution in [3.05, 3.63) is 23.9 Å². The van der Waals surface area contributed by atoms with Crippen molar-refractivity contribution in [2.45, 2.75) is 0 Å². The number of rotatable bonds is 2. The Morgan fingerprint density at radius 2 is 1.87 bits per heavy atom. The zero-order valence-corrected chi connectivity index (χ0v) is 7.32. The van der Waals surface area contributed by atoms with Gasteiger partial charge in [0.1, 0.15) is 11.5 Å². The second-order valence-corrected chi connectivity index (χ2v) is 2.44. The van der Waals surface area contributed by atoms with E-state index in [0.29, 0.717) is 6.29 Å². The fourth-order valence-electron chi connectivity index (χ4n) is 0.908. The van der Waals surface area contributed by atoms with Crippen LogP contribution in [0.15, 0.2) is 18.2 Å². The van der Waals surface area contributed by atoms with E-state index >= 15 is 0 Å². The monoisotopic (exact) mass is 210 g/mol. The molecule has 2 N–H and O–H groups in total. The highest BCUT2D eigenvalue weighted by Gasteiger charge is 2.23. The van der Waals surface area contributed by atoms with Crippen molar-refractivity contribution < 1.29 is 24.6 Å². The summed E-state index contributed by atoms with van der Waals surface area (Å²) in [4.78, 5) is 35.0. The van der Waals surface area contributed by atoms with Gasteiger partial charge in [-0.3, -0.25) is 4.79 Å². The molecule has 1 rings (SSSR count). The van der Waals surface area contributed by atoms with Crippen LogP contribution in [0.1, 0.15) is 10.5 Å². The maximum Gasteiger partial charge on any atom is 0.422 e. The van der Waals surface area contributed by atoms with E-state index in [-0.39, 0.29) is 16.4 Å². The van der Waals surface area contributed by atoms with Crippen molar-refractivity contribution in [3.63, 3.8) is 0 Å². The summed E-state index contributed by atoms with van der Waals surface area (Å²) in [6, 6.07) is 3.85. The van der Waals surface area contributed by atoms with E-state index in [2.05, 4.69) is 4.98 Å². The fraction of sp³-hybridized carbons (Fsp3) is 0. The summed E-state index contributed by atoms with van der Waals surface area (Å²) < 4.78 is 0. The third-order valence-electron chi connectivity index (χ3n) is 1.49. The van der Waals surface area contributed by atoms with Crippen LogP contribution in [0.3, 0.4) is 0 Å². The number of imide groups is 1. The Hall–Kier alpha value is -2.44. The van der Waals surface area contributed by atoms with E-state index in [4.69, 9.17) is 10.2 Å². The predicted octanol–water partition coefficient (Wildman–Crippen LogP) is 1.06. The third kappa shape index (κ3) is 2.27. The summed E-state index contributed by atoms with van der Waals surface area (Å²) in [7, 11) is 0. The smallest absolute Gasteiger partial charge is 0.422 e. The lowest BCUT2D eigenvalue weighted by Crippen LogP contribution is -2.35. The van der Waals surface area contributed by atoms with Gasteiger partial charge in [-0.05, 0) is 12.1 Å². The first-order chi connectivity index (χ1) is 7.06. The topological polar surface area (TPSA) is 108 Å². The zero-order chi connectivity index (χ0) is 11.4. The molecule has 7 nitrogen and oxygen atoms in total. The van der Waals surface area contributed by atoms with Crippen molar-refractivity contribution in [2.75, 3.05) is 4.90 Å². The van der Waals surface area contributed by atoms with Crippen LogP contribution in [0.4, 0.5) is 15.4 Å². The van der Waals surface area contributed by atoms with Crippen molar-refractivity contribution in [3.8, 4) is 0 Å². The van der Waals surface area contributed by atoms with Crippen molar-refractivity contribution in [2.24, 2.45) is 0 Å². The molecule has 0 aliphatic heterocycles. The maximum absolute atomic E-state index is 10.6. The normalized spacial score (nSPS) is 9.33. The predicted molar refractivity (Wildman–Crippen MR) is 48.2 cm³/mol. The van der Waals surface area contributed by atoms with Crippen LogP contribution in [0.5, 0.6) is 0 Å². The first kappa shape index (κ1) is 10.6. The lowest BCUT2D eigenvalue weighted by molar-refractivity contribution is 0.111. The summed E-state index contributed by atoms with van der Waals surface area (Å²) in [5.74, 6) is -0.334. The Labute approximate surface area is 83.6 Å². The number of amides is 2. The summed E-state index contributed by atoms with van der Waals surface area (Å²) >= 11 is 0. The Morgan fingerprint density at radius 3 is 2.33 bits per heavy atom. The largest absolute Gasteiger partial charge is 0.464 e. The molecular weight excluding hydrogens is 204 g/mol. The molecule has 0 radical (unpaired) electrons. The quantitative estimate of drug-likeness (QED) is 0.706. The molecule has 0 spiro atoms. The standard InChI is InChI=1S/C8H6N2O5/c11-4-5-2-1-3-6(9-5)10(7(12)13)8(14)15/h1-4H,(H,12,13)(H,14,15). The van der Waals surface area contributed by atoms with Crippen molar-refractivity contribution >= 4 is 24.3 Å². The van der Waals surface area contributed by atoms with Gasteiger partial charge < -0.3 is 10.2 Å². The lowest BCUT2D eigenvalue weighted by atomic mass is 10.3. The molecule has 7 heteroatoms. The highest BCUT2D eigenvalue weighted by atomic mass is 16.4. The molecule has 0 fully saturated rings. The molecule has 0 saturated heterocycles. The van der Waals surface area contributed by atoms with Crippen molar-refractivity contribution in [1.29, 1.82) is 0 Å². The molecule has 1 aromatic rings. The minimum absolute atomic E-state index is 0.0208. The Balaban J connectivity index is 3.16. The van der Waals surface area contributed by atoms with Gasteiger partial charge >= 0.3 is 12.2 Å². The number of carboxylic acid groups (broad SMARTS) is 2. The van der Waals surface area contributed by atoms with Gasteiger partial charge in [0, 0.05) is 0 Å². The van der Waals surface area contributed by atoms with Gasteiger partial charge in [0.25, 0.3) is 0 Å². The molecule has 0 aliphatic rings. The van der Waals surface area contributed by atoms with E-state index < -0.39 is 12.2 Å². The Bertz CT molecular complexity index is 403. The summed E-state index contributed by atoms with van der Waals surface area (Å²) in [6.45, 7) is 0. The second kappa shape index (κ2) is 4.18. The van der Waals surface area contributed by atoms with Crippen molar-refractivity contribution in [1.82, 2.24) is 4.98 Å². The molecule has 0 atom stereocenters. The zero-order valence-electron chi connectivity index (χ0n) is 7.32. The maximum atomic E-state index is 10.6. The van der Waals surface area contributed by atoms with Crippen LogP contribution in [0, 0.1) is 0 Å². The first-order valence-corrected chi connectivity index (χ1v) is 3.74. The third-order valence-corrected chi connectivity index (χ3v) is 1.49. The molecule has 0 bridgehead atoms. The Morgan fingerprint density at radius 1 is 1.27 bits per heavy atom. The van der Waals surface area contributed by atoms with Gasteiger partial charge in [0.2, 0.25) is 0 Å². The minimum Gasteiger partial charge on any atom is -0.464 e. The second-order valence-electron chi connectivity index (χ2n) is 2.44. The van der Waals surface area contributed by atoms with Crippen LogP contribution in [0.2, 0.25) is 0 Å². The van der Waals surface area contributed by atoms with E-state index in [1.54, 1.807) is 0 Å². The molecule has 0 aliphatic carbocycles. The van der Waals surface area contributed by atoms with Crippen LogP contribution >= 0.6 is 0 Å². The number of aromatic nitrogens is 1. The van der Waals surface area contributed by atoms with Gasteiger partial charge in [0.05, 0.1) is 0 Å². The number of carbonyl (C=O) groups is 3. The highest BCUT2D eigenvalue weighted by molar-refractivity contribution is 6.07. The molecular formula is C8H6N2O5. The molecule has 1 heterocycles. The average Bonchev–Trinajstić information content (AvgIpc) is 2.17. The lowest BCUT2D eigenvalue weighted by Gasteiger charge is -2.11. The minimum atomic E-state index is -1.68. The number of aldehydes is 1. The van der Waals surface area contributed by atoms with Gasteiger partial charge in [-0.1, -0.05) is 6.07 Å². The van der Waals surface area contributed by atoms with Crippen LogP contribution in [-0.4, -0.2) is 33.7 Å². The van der Waals surface area contributed by atoms with Crippen LogP contribution in [-0.2, 0) is 0 Å². The fourth-order valence-corrected chi connectivity index (χ4v) is 0.908.